The molecule has 0 aliphatic carbocycles. The lowest BCUT2D eigenvalue weighted by Gasteiger charge is -2.11. The highest BCUT2D eigenvalue weighted by atomic mass is 32.2. The molecule has 0 saturated heterocycles. The first-order valence-electron chi connectivity index (χ1n) is 5.26. The zero-order valence-electron chi connectivity index (χ0n) is 9.63. The SMILES string of the molecule is Nc1cc(SCCO)c(NCCO)cc1[N+](=O)[O-]. The van der Waals surface area contributed by atoms with Gasteiger partial charge in [0, 0.05) is 23.3 Å². The molecule has 8 heteroatoms. The van der Waals surface area contributed by atoms with Crippen molar-refractivity contribution < 1.29 is 15.1 Å². The Hall–Kier alpha value is -1.51. The number of nitro groups is 1. The van der Waals surface area contributed by atoms with E-state index in [-0.39, 0.29) is 31.1 Å². The average molecular weight is 273 g/mol. The number of hydrogen-bond donors (Lipinski definition) is 4. The summed E-state index contributed by atoms with van der Waals surface area (Å²) >= 11 is 1.34. The van der Waals surface area contributed by atoms with Gasteiger partial charge < -0.3 is 21.3 Å². The van der Waals surface area contributed by atoms with Crippen LogP contribution in [0.15, 0.2) is 17.0 Å². The molecule has 100 valence electrons. The number of anilines is 2. The smallest absolute Gasteiger partial charge is 0.294 e. The second-order valence-electron chi connectivity index (χ2n) is 3.39. The van der Waals surface area contributed by atoms with Crippen molar-refractivity contribution in [1.82, 2.24) is 0 Å². The number of nitrogens with zero attached hydrogens (tertiary/aromatic N) is 1. The Kier molecular flexibility index (Phi) is 5.69. The standard InChI is InChI=1S/C10H15N3O4S/c11-7-5-10(18-4-3-15)8(12-1-2-14)6-9(7)13(16)17/h5-6,12,14-15H,1-4,11H2. The second-order valence-corrected chi connectivity index (χ2v) is 4.52. The molecule has 0 saturated carbocycles. The number of aliphatic hydroxyl groups excluding tert-OH is 2. The summed E-state index contributed by atoms with van der Waals surface area (Å²) in [5.41, 5.74) is 6.03. The quantitative estimate of drug-likeness (QED) is 0.249. The number of nitrogens with two attached hydrogens (primary N) is 1. The zero-order chi connectivity index (χ0) is 13.5. The van der Waals surface area contributed by atoms with E-state index in [1.54, 1.807) is 0 Å². The summed E-state index contributed by atoms with van der Waals surface area (Å²) in [6.07, 6.45) is 0. The maximum atomic E-state index is 10.8. The molecule has 0 radical (unpaired) electrons. The number of thioether (sulfide) groups is 1. The van der Waals surface area contributed by atoms with E-state index in [9.17, 15) is 10.1 Å². The van der Waals surface area contributed by atoms with Gasteiger partial charge in [-0.25, -0.2) is 0 Å². The lowest BCUT2D eigenvalue weighted by Crippen LogP contribution is -2.08. The summed E-state index contributed by atoms with van der Waals surface area (Å²) in [7, 11) is 0. The van der Waals surface area contributed by atoms with Gasteiger partial charge in [-0.2, -0.15) is 0 Å². The van der Waals surface area contributed by atoms with Crippen LogP contribution in [0.4, 0.5) is 17.1 Å². The highest BCUT2D eigenvalue weighted by molar-refractivity contribution is 7.99. The van der Waals surface area contributed by atoms with Crippen LogP contribution in [0.2, 0.25) is 0 Å². The first-order chi connectivity index (χ1) is 8.60. The van der Waals surface area contributed by atoms with Gasteiger partial charge in [0.25, 0.3) is 5.69 Å². The van der Waals surface area contributed by atoms with E-state index in [0.717, 1.165) is 0 Å². The van der Waals surface area contributed by atoms with Gasteiger partial charge in [-0.3, -0.25) is 10.1 Å². The lowest BCUT2D eigenvalue weighted by atomic mass is 10.2. The van der Waals surface area contributed by atoms with Crippen molar-refractivity contribution in [2.45, 2.75) is 4.90 Å². The Morgan fingerprint density at radius 1 is 1.39 bits per heavy atom. The molecule has 0 aliphatic rings. The van der Waals surface area contributed by atoms with Gasteiger partial charge in [0.15, 0.2) is 0 Å². The van der Waals surface area contributed by atoms with E-state index >= 15 is 0 Å². The molecule has 1 rings (SSSR count). The van der Waals surface area contributed by atoms with Crippen LogP contribution >= 0.6 is 11.8 Å². The molecule has 0 spiro atoms. The molecule has 0 amide bonds. The number of benzene rings is 1. The number of nitrogen functional groups attached to an aromatic ring is 1. The third-order valence-electron chi connectivity index (χ3n) is 2.10. The highest BCUT2D eigenvalue weighted by Crippen LogP contribution is 2.35. The molecule has 0 atom stereocenters. The Labute approximate surface area is 108 Å². The Morgan fingerprint density at radius 3 is 2.67 bits per heavy atom. The van der Waals surface area contributed by atoms with E-state index in [1.165, 1.54) is 23.9 Å². The molecular formula is C10H15N3O4S. The zero-order valence-corrected chi connectivity index (χ0v) is 10.4. The third-order valence-corrected chi connectivity index (χ3v) is 3.14. The Balaban J connectivity index is 3.06. The normalized spacial score (nSPS) is 10.3. The Bertz CT molecular complexity index is 428. The fourth-order valence-electron chi connectivity index (χ4n) is 1.35. The second kappa shape index (κ2) is 7.04. The summed E-state index contributed by atoms with van der Waals surface area (Å²) in [6.45, 7) is 0.205. The summed E-state index contributed by atoms with van der Waals surface area (Å²) < 4.78 is 0. The molecular weight excluding hydrogens is 258 g/mol. The molecule has 0 bridgehead atoms. The molecule has 0 aliphatic heterocycles. The average Bonchev–Trinajstić information content (AvgIpc) is 2.34. The molecule has 1 aromatic rings. The van der Waals surface area contributed by atoms with Gasteiger partial charge in [-0.15, -0.1) is 11.8 Å². The summed E-state index contributed by atoms with van der Waals surface area (Å²) in [6, 6.07) is 2.84. The molecule has 5 N–H and O–H groups in total. The fourth-order valence-corrected chi connectivity index (χ4v) is 2.15. The van der Waals surface area contributed by atoms with Gasteiger partial charge >= 0.3 is 0 Å². The predicted octanol–water partition coefficient (Wildman–Crippen LogP) is 0.666. The van der Waals surface area contributed by atoms with E-state index in [0.29, 0.717) is 16.3 Å². The largest absolute Gasteiger partial charge is 0.396 e. The van der Waals surface area contributed by atoms with Gasteiger partial charge in [-0.05, 0) is 6.07 Å². The minimum atomic E-state index is -0.556. The molecule has 7 nitrogen and oxygen atoms in total. The number of nitro benzene ring substituents is 1. The van der Waals surface area contributed by atoms with E-state index < -0.39 is 4.92 Å². The van der Waals surface area contributed by atoms with Crippen LogP contribution in [0.25, 0.3) is 0 Å². The van der Waals surface area contributed by atoms with Crippen molar-refractivity contribution in [3.8, 4) is 0 Å². The van der Waals surface area contributed by atoms with Crippen LogP contribution in [-0.2, 0) is 0 Å². The topological polar surface area (TPSA) is 122 Å². The van der Waals surface area contributed by atoms with Crippen LogP contribution in [0.1, 0.15) is 0 Å². The van der Waals surface area contributed by atoms with Crippen molar-refractivity contribution in [2.75, 3.05) is 36.6 Å². The van der Waals surface area contributed by atoms with E-state index in [1.807, 2.05) is 0 Å². The number of hydrogen-bond acceptors (Lipinski definition) is 7. The van der Waals surface area contributed by atoms with Crippen LogP contribution < -0.4 is 11.1 Å². The van der Waals surface area contributed by atoms with E-state index in [4.69, 9.17) is 15.9 Å². The fraction of sp³-hybridized carbons (Fsp3) is 0.400. The van der Waals surface area contributed by atoms with Crippen LogP contribution in [-0.4, -0.2) is 40.6 Å². The molecule has 0 unspecified atom stereocenters. The first kappa shape index (κ1) is 14.6. The number of aliphatic hydroxyl groups is 2. The summed E-state index contributed by atoms with van der Waals surface area (Å²) in [5.74, 6) is 0.463. The van der Waals surface area contributed by atoms with Crippen LogP contribution in [0.3, 0.4) is 0 Å². The molecule has 0 heterocycles. The Morgan fingerprint density at radius 2 is 2.11 bits per heavy atom. The number of nitrogens with one attached hydrogen (secondary N) is 1. The minimum Gasteiger partial charge on any atom is -0.396 e. The van der Waals surface area contributed by atoms with E-state index in [2.05, 4.69) is 5.32 Å². The third kappa shape index (κ3) is 3.76. The van der Waals surface area contributed by atoms with Gasteiger partial charge in [0.1, 0.15) is 5.69 Å². The molecule has 18 heavy (non-hydrogen) atoms. The number of rotatable bonds is 7. The van der Waals surface area contributed by atoms with Crippen molar-refractivity contribution in [3.05, 3.63) is 22.2 Å². The van der Waals surface area contributed by atoms with Gasteiger partial charge in [0.05, 0.1) is 23.8 Å². The summed E-state index contributed by atoms with van der Waals surface area (Å²) in [5, 5.41) is 31.2. The maximum Gasteiger partial charge on any atom is 0.294 e. The maximum absolute atomic E-state index is 10.8. The highest BCUT2D eigenvalue weighted by Gasteiger charge is 2.16. The van der Waals surface area contributed by atoms with Gasteiger partial charge in [-0.1, -0.05) is 0 Å². The molecule has 0 fully saturated rings. The van der Waals surface area contributed by atoms with Crippen molar-refractivity contribution >= 4 is 28.8 Å². The molecule has 0 aromatic heterocycles. The van der Waals surface area contributed by atoms with Crippen molar-refractivity contribution in [3.63, 3.8) is 0 Å². The van der Waals surface area contributed by atoms with Crippen LogP contribution in [0, 0.1) is 10.1 Å². The van der Waals surface area contributed by atoms with Crippen molar-refractivity contribution in [2.24, 2.45) is 0 Å². The summed E-state index contributed by atoms with van der Waals surface area (Å²) in [4.78, 5) is 10.9. The van der Waals surface area contributed by atoms with Crippen molar-refractivity contribution in [1.29, 1.82) is 0 Å². The lowest BCUT2D eigenvalue weighted by molar-refractivity contribution is -0.383. The monoisotopic (exact) mass is 273 g/mol. The predicted molar refractivity (Wildman–Crippen MR) is 70.9 cm³/mol. The van der Waals surface area contributed by atoms with Crippen LogP contribution in [0.5, 0.6) is 0 Å². The van der Waals surface area contributed by atoms with Gasteiger partial charge in [0.2, 0.25) is 0 Å². The first-order valence-corrected chi connectivity index (χ1v) is 6.25. The minimum absolute atomic E-state index is 0.000991. The molecule has 1 aromatic carbocycles.